The molecule has 0 aromatic heterocycles. The Morgan fingerprint density at radius 1 is 1.56 bits per heavy atom. The van der Waals surface area contributed by atoms with Gasteiger partial charge in [-0.25, -0.2) is 4.39 Å². The van der Waals surface area contributed by atoms with Gasteiger partial charge in [0.05, 0.1) is 0 Å². The lowest BCUT2D eigenvalue weighted by Crippen LogP contribution is -2.41. The molecule has 1 N–H and O–H groups in total. The zero-order chi connectivity index (χ0) is 5.61. The largest absolute Gasteiger partial charge is 0.313 e. The van der Waals surface area contributed by atoms with E-state index >= 15 is 0 Å². The fourth-order valence-electron chi connectivity index (χ4n) is 1.63. The van der Waals surface area contributed by atoms with Crippen LogP contribution >= 0.6 is 12.4 Å². The molecule has 0 aromatic rings. The summed E-state index contributed by atoms with van der Waals surface area (Å²) in [5.74, 6) is 0.363. The van der Waals surface area contributed by atoms with Gasteiger partial charge in [0, 0.05) is 19.0 Å². The van der Waals surface area contributed by atoms with Crippen molar-refractivity contribution in [1.82, 2.24) is 5.32 Å². The molecule has 1 nitrogen and oxygen atoms in total. The lowest BCUT2D eigenvalue weighted by molar-refractivity contribution is 0.0304. The SMILES string of the molecule is Cl.FC12CCC1CNC2. The standard InChI is InChI=1S/C6H10FN.ClH/c7-6-2-1-5(6)3-8-4-6;/h5,8H,1-4H2;1H. The van der Waals surface area contributed by atoms with Crippen molar-refractivity contribution < 1.29 is 4.39 Å². The van der Waals surface area contributed by atoms with Gasteiger partial charge in [-0.05, 0) is 12.8 Å². The molecule has 2 rings (SSSR count). The van der Waals surface area contributed by atoms with Crippen molar-refractivity contribution in [2.24, 2.45) is 5.92 Å². The molecule has 1 saturated heterocycles. The number of hydrogen-bond donors (Lipinski definition) is 1. The third kappa shape index (κ3) is 0.849. The number of rotatable bonds is 0. The molecule has 2 aliphatic rings. The van der Waals surface area contributed by atoms with Crippen LogP contribution in [-0.2, 0) is 0 Å². The van der Waals surface area contributed by atoms with Crippen molar-refractivity contribution in [3.05, 3.63) is 0 Å². The first-order chi connectivity index (χ1) is 3.81. The zero-order valence-electron chi connectivity index (χ0n) is 5.19. The highest BCUT2D eigenvalue weighted by Gasteiger charge is 2.50. The second-order valence-corrected chi connectivity index (χ2v) is 2.90. The summed E-state index contributed by atoms with van der Waals surface area (Å²) >= 11 is 0. The molecule has 1 aliphatic heterocycles. The van der Waals surface area contributed by atoms with E-state index in [4.69, 9.17) is 0 Å². The number of nitrogens with one attached hydrogen (secondary N) is 1. The molecule has 1 saturated carbocycles. The average molecular weight is 152 g/mol. The highest BCUT2D eigenvalue weighted by molar-refractivity contribution is 5.85. The highest BCUT2D eigenvalue weighted by atomic mass is 35.5. The number of fused-ring (bicyclic) bond motifs is 1. The molecule has 9 heavy (non-hydrogen) atoms. The molecule has 1 aliphatic carbocycles. The average Bonchev–Trinajstić information content (AvgIpc) is 1.94. The summed E-state index contributed by atoms with van der Waals surface area (Å²) < 4.78 is 13.0. The second kappa shape index (κ2) is 2.10. The van der Waals surface area contributed by atoms with Crippen LogP contribution in [0.25, 0.3) is 0 Å². The summed E-state index contributed by atoms with van der Waals surface area (Å²) in [4.78, 5) is 0. The Kier molecular flexibility index (Phi) is 1.70. The van der Waals surface area contributed by atoms with Gasteiger partial charge in [-0.2, -0.15) is 0 Å². The molecule has 1 heterocycles. The van der Waals surface area contributed by atoms with Crippen molar-refractivity contribution in [2.75, 3.05) is 13.1 Å². The molecule has 0 amide bonds. The van der Waals surface area contributed by atoms with E-state index in [9.17, 15) is 4.39 Å². The molecule has 0 aromatic carbocycles. The maximum absolute atomic E-state index is 13.0. The molecule has 54 valence electrons. The quantitative estimate of drug-likeness (QED) is 0.548. The van der Waals surface area contributed by atoms with E-state index in [1.54, 1.807) is 0 Å². The third-order valence-corrected chi connectivity index (χ3v) is 2.45. The van der Waals surface area contributed by atoms with Gasteiger partial charge >= 0.3 is 0 Å². The van der Waals surface area contributed by atoms with Gasteiger partial charge in [0.25, 0.3) is 0 Å². The summed E-state index contributed by atoms with van der Waals surface area (Å²) in [7, 11) is 0. The first-order valence-electron chi connectivity index (χ1n) is 3.21. The molecule has 2 atom stereocenters. The van der Waals surface area contributed by atoms with Crippen LogP contribution < -0.4 is 5.32 Å². The van der Waals surface area contributed by atoms with Crippen LogP contribution in [0.4, 0.5) is 4.39 Å². The van der Waals surface area contributed by atoms with E-state index in [0.29, 0.717) is 12.5 Å². The molecule has 2 fully saturated rings. The summed E-state index contributed by atoms with van der Waals surface area (Å²) in [6.07, 6.45) is 1.90. The van der Waals surface area contributed by atoms with Gasteiger partial charge in [0.2, 0.25) is 0 Å². The Hall–Kier alpha value is 0.180. The number of alkyl halides is 1. The predicted molar refractivity (Wildman–Crippen MR) is 36.7 cm³/mol. The van der Waals surface area contributed by atoms with Crippen LogP contribution in [0.3, 0.4) is 0 Å². The Labute approximate surface area is 60.4 Å². The van der Waals surface area contributed by atoms with Crippen LogP contribution in [0.5, 0.6) is 0 Å². The normalized spacial score (nSPS) is 47.0. The smallest absolute Gasteiger partial charge is 0.127 e. The van der Waals surface area contributed by atoms with Crippen LogP contribution in [-0.4, -0.2) is 18.8 Å². The van der Waals surface area contributed by atoms with Crippen molar-refractivity contribution in [1.29, 1.82) is 0 Å². The molecule has 3 heteroatoms. The topological polar surface area (TPSA) is 12.0 Å². The Morgan fingerprint density at radius 2 is 2.33 bits per heavy atom. The number of hydrogen-bond acceptors (Lipinski definition) is 1. The van der Waals surface area contributed by atoms with E-state index in [1.807, 2.05) is 0 Å². The minimum atomic E-state index is -0.778. The van der Waals surface area contributed by atoms with Gasteiger partial charge in [0.15, 0.2) is 0 Å². The first-order valence-corrected chi connectivity index (χ1v) is 3.21. The molecule has 2 unspecified atom stereocenters. The molecule has 0 bridgehead atoms. The van der Waals surface area contributed by atoms with Gasteiger partial charge in [-0.3, -0.25) is 0 Å². The van der Waals surface area contributed by atoms with Gasteiger partial charge < -0.3 is 5.32 Å². The summed E-state index contributed by atoms with van der Waals surface area (Å²) in [6, 6.07) is 0. The van der Waals surface area contributed by atoms with Gasteiger partial charge in [-0.1, -0.05) is 0 Å². The monoisotopic (exact) mass is 151 g/mol. The lowest BCUT2D eigenvalue weighted by Gasteiger charge is -2.36. The van der Waals surface area contributed by atoms with Crippen LogP contribution in [0, 0.1) is 5.92 Å². The second-order valence-electron chi connectivity index (χ2n) is 2.90. The molecule has 0 radical (unpaired) electrons. The van der Waals surface area contributed by atoms with Crippen molar-refractivity contribution in [2.45, 2.75) is 18.5 Å². The summed E-state index contributed by atoms with van der Waals surface area (Å²) in [5, 5.41) is 3.05. The summed E-state index contributed by atoms with van der Waals surface area (Å²) in [6.45, 7) is 1.52. The van der Waals surface area contributed by atoms with Crippen LogP contribution in [0.15, 0.2) is 0 Å². The lowest BCUT2D eigenvalue weighted by atomic mass is 9.74. The zero-order valence-corrected chi connectivity index (χ0v) is 6.01. The summed E-state index contributed by atoms with van der Waals surface area (Å²) in [5.41, 5.74) is -0.778. The van der Waals surface area contributed by atoms with Crippen molar-refractivity contribution in [3.63, 3.8) is 0 Å². The maximum atomic E-state index is 13.0. The maximum Gasteiger partial charge on any atom is 0.127 e. The molecule has 0 spiro atoms. The Balaban J connectivity index is 0.000000405. The Morgan fingerprint density at radius 3 is 2.56 bits per heavy atom. The minimum absolute atomic E-state index is 0. The first kappa shape index (κ1) is 7.29. The van der Waals surface area contributed by atoms with Gasteiger partial charge in [-0.15, -0.1) is 12.4 Å². The highest BCUT2D eigenvalue weighted by Crippen LogP contribution is 2.44. The molecular weight excluding hydrogens is 141 g/mol. The number of halogens is 2. The Bertz CT molecular complexity index is 120. The molecular formula is C6H11ClFN. The van der Waals surface area contributed by atoms with Gasteiger partial charge in [0.1, 0.15) is 5.67 Å². The predicted octanol–water partition coefficient (Wildman–Crippen LogP) is 1.13. The van der Waals surface area contributed by atoms with Crippen molar-refractivity contribution >= 4 is 12.4 Å². The van der Waals surface area contributed by atoms with E-state index < -0.39 is 5.67 Å². The van der Waals surface area contributed by atoms with Crippen molar-refractivity contribution in [3.8, 4) is 0 Å². The minimum Gasteiger partial charge on any atom is -0.313 e. The van der Waals surface area contributed by atoms with E-state index in [2.05, 4.69) is 5.32 Å². The van der Waals surface area contributed by atoms with E-state index in [-0.39, 0.29) is 12.4 Å². The van der Waals surface area contributed by atoms with Crippen LogP contribution in [0.1, 0.15) is 12.8 Å². The van der Waals surface area contributed by atoms with E-state index in [1.165, 1.54) is 0 Å². The fraction of sp³-hybridized carbons (Fsp3) is 1.00. The fourth-order valence-corrected chi connectivity index (χ4v) is 1.63. The third-order valence-electron chi connectivity index (χ3n) is 2.45. The van der Waals surface area contributed by atoms with Crippen LogP contribution in [0.2, 0.25) is 0 Å². The van der Waals surface area contributed by atoms with E-state index in [0.717, 1.165) is 19.4 Å².